The monoisotopic (exact) mass is 409 g/mol. The zero-order valence-electron chi connectivity index (χ0n) is 15.8. The number of hydrogen-bond donors (Lipinski definition) is 1. The van der Waals surface area contributed by atoms with Crippen LogP contribution in [0.5, 0.6) is 5.75 Å². The SMILES string of the molecule is C=C(CCNC(=O)COc1ccc(Cl)c(F)c1)N1CCN(CC2CCC2)C1=O. The third-order valence-electron chi connectivity index (χ3n) is 5.18. The minimum atomic E-state index is -0.600. The van der Waals surface area contributed by atoms with Gasteiger partial charge in [0.2, 0.25) is 0 Å². The number of carbonyl (C=O) groups excluding carboxylic acids is 2. The molecule has 0 aromatic heterocycles. The van der Waals surface area contributed by atoms with Gasteiger partial charge in [-0.15, -0.1) is 0 Å². The first-order valence-electron chi connectivity index (χ1n) is 9.53. The molecule has 3 rings (SSSR count). The van der Waals surface area contributed by atoms with Crippen LogP contribution < -0.4 is 10.1 Å². The van der Waals surface area contributed by atoms with Gasteiger partial charge >= 0.3 is 6.03 Å². The maximum absolute atomic E-state index is 13.3. The van der Waals surface area contributed by atoms with Gasteiger partial charge in [0.05, 0.1) is 5.02 Å². The molecule has 1 aliphatic carbocycles. The van der Waals surface area contributed by atoms with Gasteiger partial charge in [0.15, 0.2) is 6.61 Å². The Hall–Kier alpha value is -2.28. The van der Waals surface area contributed by atoms with Crippen molar-refractivity contribution in [3.8, 4) is 5.75 Å². The van der Waals surface area contributed by atoms with Gasteiger partial charge in [-0.05, 0) is 30.9 Å². The van der Waals surface area contributed by atoms with Crippen LogP contribution in [0.25, 0.3) is 0 Å². The number of halogens is 2. The second-order valence-corrected chi connectivity index (χ2v) is 7.62. The van der Waals surface area contributed by atoms with Crippen LogP contribution in [0.1, 0.15) is 25.7 Å². The van der Waals surface area contributed by atoms with E-state index in [1.54, 1.807) is 4.90 Å². The largest absolute Gasteiger partial charge is 0.484 e. The first-order valence-corrected chi connectivity index (χ1v) is 9.90. The summed E-state index contributed by atoms with van der Waals surface area (Å²) in [5, 5.41) is 2.71. The normalized spacial score (nSPS) is 16.9. The van der Waals surface area contributed by atoms with Crippen molar-refractivity contribution in [3.05, 3.63) is 41.3 Å². The lowest BCUT2D eigenvalue weighted by atomic mass is 9.85. The minimum absolute atomic E-state index is 0.00183. The molecule has 1 aromatic carbocycles. The number of ether oxygens (including phenoxy) is 1. The molecule has 0 radical (unpaired) electrons. The van der Waals surface area contributed by atoms with Crippen LogP contribution in [0.4, 0.5) is 9.18 Å². The topological polar surface area (TPSA) is 61.9 Å². The zero-order chi connectivity index (χ0) is 20.1. The van der Waals surface area contributed by atoms with Crippen LogP contribution in [-0.2, 0) is 4.79 Å². The second kappa shape index (κ2) is 9.28. The molecule has 0 unspecified atom stereocenters. The molecule has 1 aliphatic heterocycles. The van der Waals surface area contributed by atoms with Gasteiger partial charge in [0.25, 0.3) is 5.91 Å². The van der Waals surface area contributed by atoms with Crippen LogP contribution in [0, 0.1) is 11.7 Å². The highest BCUT2D eigenvalue weighted by molar-refractivity contribution is 6.30. The maximum atomic E-state index is 13.3. The number of urea groups is 1. The molecule has 1 saturated carbocycles. The van der Waals surface area contributed by atoms with Crippen molar-refractivity contribution in [1.29, 1.82) is 0 Å². The highest BCUT2D eigenvalue weighted by Gasteiger charge is 2.32. The summed E-state index contributed by atoms with van der Waals surface area (Å²) in [6, 6.07) is 4.01. The molecule has 1 saturated heterocycles. The van der Waals surface area contributed by atoms with Crippen molar-refractivity contribution in [2.75, 3.05) is 32.8 Å². The van der Waals surface area contributed by atoms with Gasteiger partial charge in [-0.2, -0.15) is 0 Å². The third-order valence-corrected chi connectivity index (χ3v) is 5.48. The molecule has 0 spiro atoms. The van der Waals surface area contributed by atoms with E-state index in [9.17, 15) is 14.0 Å². The summed E-state index contributed by atoms with van der Waals surface area (Å²) < 4.78 is 18.6. The lowest BCUT2D eigenvalue weighted by molar-refractivity contribution is -0.123. The van der Waals surface area contributed by atoms with Crippen molar-refractivity contribution in [3.63, 3.8) is 0 Å². The molecule has 28 heavy (non-hydrogen) atoms. The lowest BCUT2D eigenvalue weighted by Crippen LogP contribution is -2.37. The molecule has 0 bridgehead atoms. The van der Waals surface area contributed by atoms with E-state index >= 15 is 0 Å². The van der Waals surface area contributed by atoms with Crippen LogP contribution in [0.15, 0.2) is 30.5 Å². The molecular formula is C20H25ClFN3O3. The van der Waals surface area contributed by atoms with Gasteiger partial charge < -0.3 is 15.0 Å². The number of amides is 3. The lowest BCUT2D eigenvalue weighted by Gasteiger charge is -2.30. The number of hydrogen-bond acceptors (Lipinski definition) is 3. The fourth-order valence-corrected chi connectivity index (χ4v) is 3.40. The number of benzene rings is 1. The molecule has 3 amide bonds. The summed E-state index contributed by atoms with van der Waals surface area (Å²) in [6.45, 7) is 6.31. The van der Waals surface area contributed by atoms with E-state index in [0.717, 1.165) is 19.2 Å². The second-order valence-electron chi connectivity index (χ2n) is 7.21. The maximum Gasteiger partial charge on any atom is 0.324 e. The van der Waals surface area contributed by atoms with Gasteiger partial charge in [0, 0.05) is 44.4 Å². The predicted molar refractivity (Wildman–Crippen MR) is 105 cm³/mol. The fourth-order valence-electron chi connectivity index (χ4n) is 3.28. The average molecular weight is 410 g/mol. The van der Waals surface area contributed by atoms with Gasteiger partial charge in [0.1, 0.15) is 11.6 Å². The number of carbonyl (C=O) groups is 2. The fraction of sp³-hybridized carbons (Fsp3) is 0.500. The summed E-state index contributed by atoms with van der Waals surface area (Å²) in [6.07, 6.45) is 4.16. The molecule has 1 heterocycles. The van der Waals surface area contributed by atoms with E-state index in [-0.39, 0.29) is 29.3 Å². The van der Waals surface area contributed by atoms with E-state index in [4.69, 9.17) is 16.3 Å². The van der Waals surface area contributed by atoms with Crippen molar-refractivity contribution in [1.82, 2.24) is 15.1 Å². The van der Waals surface area contributed by atoms with Gasteiger partial charge in [-0.3, -0.25) is 9.69 Å². The number of nitrogens with zero attached hydrogens (tertiary/aromatic N) is 2. The molecular weight excluding hydrogens is 385 g/mol. The Morgan fingerprint density at radius 1 is 1.36 bits per heavy atom. The van der Waals surface area contributed by atoms with Gasteiger partial charge in [-0.25, -0.2) is 9.18 Å². The summed E-state index contributed by atoms with van der Waals surface area (Å²) >= 11 is 5.60. The molecule has 8 heteroatoms. The quantitative estimate of drug-likeness (QED) is 0.679. The third kappa shape index (κ3) is 5.16. The van der Waals surface area contributed by atoms with Crippen molar-refractivity contribution < 1.29 is 18.7 Å². The Morgan fingerprint density at radius 3 is 2.82 bits per heavy atom. The zero-order valence-corrected chi connectivity index (χ0v) is 16.5. The van der Waals surface area contributed by atoms with Crippen LogP contribution in [0.3, 0.4) is 0 Å². The van der Waals surface area contributed by atoms with E-state index in [0.29, 0.717) is 31.1 Å². The smallest absolute Gasteiger partial charge is 0.324 e. The Balaban J connectivity index is 1.34. The highest BCUT2D eigenvalue weighted by Crippen LogP contribution is 2.29. The predicted octanol–water partition coefficient (Wildman–Crippen LogP) is 3.42. The Kier molecular flexibility index (Phi) is 6.78. The average Bonchev–Trinajstić information content (AvgIpc) is 2.99. The molecule has 6 nitrogen and oxygen atoms in total. The molecule has 2 aliphatic rings. The van der Waals surface area contributed by atoms with Gasteiger partial charge in [-0.1, -0.05) is 24.6 Å². The Morgan fingerprint density at radius 2 is 2.14 bits per heavy atom. The first kappa shape index (κ1) is 20.5. The minimum Gasteiger partial charge on any atom is -0.484 e. The summed E-state index contributed by atoms with van der Waals surface area (Å²) in [5.41, 5.74) is 0.696. The first-order chi connectivity index (χ1) is 13.4. The van der Waals surface area contributed by atoms with Crippen LogP contribution in [0.2, 0.25) is 5.02 Å². The number of nitrogens with one attached hydrogen (secondary N) is 1. The standard InChI is InChI=1S/C20H25ClFN3O3/c1-14(25-10-9-24(20(25)27)12-15-3-2-4-15)7-8-23-19(26)13-28-16-5-6-17(21)18(22)11-16/h5-6,11,15H,1-4,7-10,12-13H2,(H,23,26). The molecule has 1 N–H and O–H groups in total. The Labute approximate surface area is 169 Å². The summed E-state index contributed by atoms with van der Waals surface area (Å²) in [7, 11) is 0. The van der Waals surface area contributed by atoms with Crippen LogP contribution >= 0.6 is 11.6 Å². The molecule has 0 atom stereocenters. The number of rotatable bonds is 9. The highest BCUT2D eigenvalue weighted by atomic mass is 35.5. The van der Waals surface area contributed by atoms with E-state index in [2.05, 4.69) is 11.9 Å². The van der Waals surface area contributed by atoms with Crippen molar-refractivity contribution in [2.24, 2.45) is 5.92 Å². The Bertz CT molecular complexity index is 754. The van der Waals surface area contributed by atoms with Crippen molar-refractivity contribution in [2.45, 2.75) is 25.7 Å². The van der Waals surface area contributed by atoms with Crippen molar-refractivity contribution >= 4 is 23.5 Å². The van der Waals surface area contributed by atoms with E-state index in [1.165, 1.54) is 31.4 Å². The van der Waals surface area contributed by atoms with E-state index in [1.807, 2.05) is 4.90 Å². The van der Waals surface area contributed by atoms with Crippen LogP contribution in [-0.4, -0.2) is 54.5 Å². The summed E-state index contributed by atoms with van der Waals surface area (Å²) in [4.78, 5) is 27.9. The molecule has 1 aromatic rings. The van der Waals surface area contributed by atoms with E-state index < -0.39 is 5.82 Å². The summed E-state index contributed by atoms with van der Waals surface area (Å²) in [5.74, 6) is -0.0544. The molecule has 152 valence electrons. The molecule has 2 fully saturated rings.